The third-order valence-corrected chi connectivity index (χ3v) is 1.46. The van der Waals surface area contributed by atoms with Crippen LogP contribution in [0.2, 0.25) is 0 Å². The predicted octanol–water partition coefficient (Wildman–Crippen LogP) is -16.8. The minimum atomic E-state index is -2.92. The molecule has 0 aliphatic heterocycles. The molecule has 0 aromatic carbocycles. The van der Waals surface area contributed by atoms with E-state index in [9.17, 15) is 28.8 Å². The molecule has 246 valence electrons. The fourth-order valence-electron chi connectivity index (χ4n) is 0.388. The van der Waals surface area contributed by atoms with Crippen molar-refractivity contribution in [2.24, 2.45) is 0 Å². The summed E-state index contributed by atoms with van der Waals surface area (Å²) < 4.78 is 0. The molecule has 0 saturated carbocycles. The molecule has 0 bridgehead atoms. The van der Waals surface area contributed by atoms with E-state index in [0.717, 1.165) is 0 Å². The van der Waals surface area contributed by atoms with Gasteiger partial charge >= 0.3 is 128 Å². The van der Waals surface area contributed by atoms with E-state index >= 15 is 0 Å². The Labute approximate surface area is 288 Å². The van der Waals surface area contributed by atoms with Gasteiger partial charge in [-0.2, -0.15) is 0 Å². The number of carboxylic acids is 12. The van der Waals surface area contributed by atoms with Crippen LogP contribution in [0.5, 0.6) is 0 Å². The van der Waals surface area contributed by atoms with Crippen molar-refractivity contribution < 1.29 is 190 Å². The molecule has 0 aromatic rings. The van der Waals surface area contributed by atoms with Crippen LogP contribution in [0.15, 0.2) is 0 Å². The molecule has 0 saturated heterocycles. The largest absolute Gasteiger partial charge is 1.00 e. The van der Waals surface area contributed by atoms with E-state index in [1.165, 1.54) is 0 Å². The Kier molecular flexibility index (Phi) is 66.8. The average Bonchev–Trinajstić information content (AvgIpc) is 2.72. The van der Waals surface area contributed by atoms with Crippen molar-refractivity contribution in [2.75, 3.05) is 0 Å². The van der Waals surface area contributed by atoms with Crippen LogP contribution >= 0.6 is 0 Å². The van der Waals surface area contributed by atoms with E-state index < -0.39 is 98.2 Å². The second-order valence-electron chi connectivity index (χ2n) is 5.01. The molecule has 0 radical (unpaired) electrons. The van der Waals surface area contributed by atoms with Gasteiger partial charge in [-0.15, -0.1) is 0 Å². The molecular formula is C15H18BLi3O27. The maximum absolute atomic E-state index is 9.43. The molecule has 31 heteroatoms. The van der Waals surface area contributed by atoms with Crippen molar-refractivity contribution in [2.45, 2.75) is 19.3 Å². The molecule has 0 unspecified atom stereocenters. The quantitative estimate of drug-likeness (QED) is 0.0713. The SMILES string of the molecule is O=C(O)C(=O)O.O=C(O)C(=O)O.O=C(O)C(=O)O.O=C(O)CC(=O)O.O=C(O)CC(=O)O.O=C(O)CC(=O)O.[Li+].[Li+].[Li+].[O-]B([O-])[O-]. The first-order chi connectivity index (χ1) is 19.0. The number of carbonyl (C=O) groups is 12. The molecule has 0 amide bonds. The van der Waals surface area contributed by atoms with Gasteiger partial charge in [-0.1, -0.05) is 0 Å². The summed E-state index contributed by atoms with van der Waals surface area (Å²) in [7, 11) is -2.92. The van der Waals surface area contributed by atoms with Gasteiger partial charge < -0.3 is 76.4 Å². The smallest absolute Gasteiger partial charge is 0.907 e. The van der Waals surface area contributed by atoms with Gasteiger partial charge in [-0.05, 0) is 0 Å². The van der Waals surface area contributed by atoms with Gasteiger partial charge in [-0.3, -0.25) is 36.1 Å². The first kappa shape index (κ1) is 68.5. The van der Waals surface area contributed by atoms with Crippen LogP contribution in [0.1, 0.15) is 19.3 Å². The van der Waals surface area contributed by atoms with Gasteiger partial charge in [0.2, 0.25) is 0 Å². The third-order valence-electron chi connectivity index (χ3n) is 1.46. The van der Waals surface area contributed by atoms with Gasteiger partial charge in [0.1, 0.15) is 19.3 Å². The minimum Gasteiger partial charge on any atom is -0.907 e. The molecule has 0 heterocycles. The van der Waals surface area contributed by atoms with Crippen LogP contribution in [0.4, 0.5) is 0 Å². The summed E-state index contributed by atoms with van der Waals surface area (Å²) in [5, 5.41) is 116. The summed E-state index contributed by atoms with van der Waals surface area (Å²) in [5.74, 6) is -18.8. The van der Waals surface area contributed by atoms with E-state index in [4.69, 9.17) is 105 Å². The zero-order chi connectivity index (χ0) is 36.6. The van der Waals surface area contributed by atoms with Crippen LogP contribution < -0.4 is 71.7 Å². The van der Waals surface area contributed by atoms with E-state index in [0.29, 0.717) is 0 Å². The maximum atomic E-state index is 9.43. The van der Waals surface area contributed by atoms with Crippen LogP contribution in [0.3, 0.4) is 0 Å². The fourth-order valence-corrected chi connectivity index (χ4v) is 0.388. The first-order valence-electron chi connectivity index (χ1n) is 8.71. The molecule has 12 N–H and O–H groups in total. The molecule has 27 nitrogen and oxygen atoms in total. The minimum absolute atomic E-state index is 0. The number of aliphatic carboxylic acids is 12. The Hall–Kier alpha value is -4.62. The summed E-state index contributed by atoms with van der Waals surface area (Å²) >= 11 is 0. The Bertz CT molecular complexity index is 799. The maximum Gasteiger partial charge on any atom is 1.00 e. The van der Waals surface area contributed by atoms with E-state index in [1.54, 1.807) is 0 Å². The Morgan fingerprint density at radius 3 is 0.370 bits per heavy atom. The van der Waals surface area contributed by atoms with Crippen LogP contribution in [-0.4, -0.2) is 140 Å². The topological polar surface area (TPSA) is 517 Å². The Morgan fingerprint density at radius 2 is 0.370 bits per heavy atom. The monoisotopic (exact) mass is 662 g/mol. The second-order valence-corrected chi connectivity index (χ2v) is 5.01. The molecule has 0 rings (SSSR count). The molecule has 46 heavy (non-hydrogen) atoms. The average molecular weight is 662 g/mol. The summed E-state index contributed by atoms with van der Waals surface area (Å²) in [6, 6.07) is 0. The van der Waals surface area contributed by atoms with Gasteiger partial charge in [0.15, 0.2) is 0 Å². The van der Waals surface area contributed by atoms with Crippen molar-refractivity contribution in [1.82, 2.24) is 0 Å². The van der Waals surface area contributed by atoms with Crippen molar-refractivity contribution in [3.8, 4) is 0 Å². The zero-order valence-corrected chi connectivity index (χ0v) is 23.2. The standard InChI is InChI=1S/3C3H4O4.3C2H2O4.BO3.3Li/c3*4-2(5)1-3(6)7;3*3-1(4)2(5)6;2-1(3)4;;;/h3*1H2,(H,4,5)(H,6,7);3*(H,3,4)(H,5,6);;;;/q;;;;;;-3;3*+1. The summed E-state index contributed by atoms with van der Waals surface area (Å²) in [6.45, 7) is 0. The number of rotatable bonds is 6. The molecule has 0 aromatic heterocycles. The summed E-state index contributed by atoms with van der Waals surface area (Å²) in [6.07, 6.45) is -2.42. The number of hydrogen-bond acceptors (Lipinski definition) is 15. The molecule has 0 aliphatic rings. The second kappa shape index (κ2) is 44.8. The summed E-state index contributed by atoms with van der Waals surface area (Å²) in [4.78, 5) is 111. The normalized spacial score (nSPS) is 7.11. The van der Waals surface area contributed by atoms with E-state index in [1.807, 2.05) is 0 Å². The van der Waals surface area contributed by atoms with Gasteiger partial charge in [-0.25, -0.2) is 28.8 Å². The van der Waals surface area contributed by atoms with Crippen molar-refractivity contribution >= 4 is 79.0 Å². The van der Waals surface area contributed by atoms with Crippen LogP contribution in [0, 0.1) is 0 Å². The molecular weight excluding hydrogens is 644 g/mol. The van der Waals surface area contributed by atoms with Crippen molar-refractivity contribution in [1.29, 1.82) is 0 Å². The first-order valence-corrected chi connectivity index (χ1v) is 8.71. The van der Waals surface area contributed by atoms with Gasteiger partial charge in [0.25, 0.3) is 0 Å². The summed E-state index contributed by atoms with van der Waals surface area (Å²) in [5.41, 5.74) is 0. The van der Waals surface area contributed by atoms with E-state index in [-0.39, 0.29) is 56.6 Å². The van der Waals surface area contributed by atoms with E-state index in [2.05, 4.69) is 0 Å². The molecule has 0 spiro atoms. The van der Waals surface area contributed by atoms with Crippen molar-refractivity contribution in [3.05, 3.63) is 0 Å². The number of hydrogen-bond donors (Lipinski definition) is 12. The molecule has 0 atom stereocenters. The Morgan fingerprint density at radius 1 is 0.304 bits per heavy atom. The van der Waals surface area contributed by atoms with Gasteiger partial charge in [0, 0.05) is 0 Å². The fraction of sp³-hybridized carbons (Fsp3) is 0.200. The molecule has 0 aliphatic carbocycles. The zero-order valence-electron chi connectivity index (χ0n) is 23.2. The van der Waals surface area contributed by atoms with Crippen LogP contribution in [0.25, 0.3) is 0 Å². The third kappa shape index (κ3) is 154. The number of carboxylic acid groups (broad SMARTS) is 12. The van der Waals surface area contributed by atoms with Crippen LogP contribution in [-0.2, 0) is 57.5 Å². The van der Waals surface area contributed by atoms with Crippen molar-refractivity contribution in [3.63, 3.8) is 0 Å². The molecule has 0 fully saturated rings. The predicted molar refractivity (Wildman–Crippen MR) is 111 cm³/mol. The Balaban J connectivity index is -0.0000000409. The van der Waals surface area contributed by atoms with Gasteiger partial charge in [0.05, 0.1) is 0 Å².